The first kappa shape index (κ1) is 24.0. The van der Waals surface area contributed by atoms with Crippen molar-refractivity contribution in [2.45, 2.75) is 51.0 Å². The molecule has 0 aliphatic heterocycles. The van der Waals surface area contributed by atoms with Crippen LogP contribution in [0.2, 0.25) is 0 Å². The third kappa shape index (κ3) is 4.02. The van der Waals surface area contributed by atoms with E-state index in [0.717, 1.165) is 6.42 Å². The molecule has 1 aromatic carbocycles. The molecule has 11 heteroatoms. The number of hydrogen-bond donors (Lipinski definition) is 2. The Labute approximate surface area is 206 Å². The van der Waals surface area contributed by atoms with Gasteiger partial charge in [0.25, 0.3) is 5.69 Å². The van der Waals surface area contributed by atoms with Gasteiger partial charge in [-0.05, 0) is 56.4 Å². The van der Waals surface area contributed by atoms with Crippen LogP contribution in [-0.4, -0.2) is 46.2 Å². The number of aliphatic carboxylic acids is 1. The summed E-state index contributed by atoms with van der Waals surface area (Å²) in [7, 11) is 1.36. The lowest BCUT2D eigenvalue weighted by Gasteiger charge is -2.59. The van der Waals surface area contributed by atoms with Gasteiger partial charge in [-0.2, -0.15) is 0 Å². The summed E-state index contributed by atoms with van der Waals surface area (Å²) in [6.45, 7) is 0. The number of ether oxygens (including phenoxy) is 1. The van der Waals surface area contributed by atoms with Gasteiger partial charge in [0.1, 0.15) is 17.5 Å². The fourth-order valence-electron chi connectivity index (χ4n) is 7.08. The van der Waals surface area contributed by atoms with Crippen molar-refractivity contribution in [1.82, 2.24) is 10.5 Å². The molecule has 0 saturated heterocycles. The fraction of sp³-hybridized carbons (Fsp3) is 0.520. The van der Waals surface area contributed by atoms with Crippen LogP contribution in [-0.2, 0) is 25.5 Å². The van der Waals surface area contributed by atoms with Crippen LogP contribution in [0.1, 0.15) is 44.3 Å². The standard InChI is InChI=1S/C25H27N3O8/c1-35-23(32)25-11-14-6-15(12-25)10-24(9-14,13-25)22(31)26-19(21(29)30)8-16-7-18(27-36-16)17-4-2-3-5-20(17)28(33)34/h2-5,7,14-15,19H,6,8-13H2,1H3,(H,26,31)(H,29,30). The molecule has 4 aliphatic rings. The van der Waals surface area contributed by atoms with Crippen molar-refractivity contribution in [1.29, 1.82) is 0 Å². The smallest absolute Gasteiger partial charge is 0.326 e. The second kappa shape index (κ2) is 8.72. The summed E-state index contributed by atoms with van der Waals surface area (Å²) in [5, 5.41) is 27.7. The predicted molar refractivity (Wildman–Crippen MR) is 123 cm³/mol. The van der Waals surface area contributed by atoms with Crippen LogP contribution in [0.4, 0.5) is 5.69 Å². The first-order chi connectivity index (χ1) is 17.1. The number of methoxy groups -OCH3 is 1. The molecule has 2 N–H and O–H groups in total. The van der Waals surface area contributed by atoms with Gasteiger partial charge in [-0.1, -0.05) is 17.3 Å². The van der Waals surface area contributed by atoms with E-state index in [9.17, 15) is 29.6 Å². The normalized spacial score (nSPS) is 28.9. The number of carbonyl (C=O) groups is 3. The third-order valence-electron chi connectivity index (χ3n) is 8.11. The highest BCUT2D eigenvalue weighted by Gasteiger charge is 2.63. The lowest BCUT2D eigenvalue weighted by atomic mass is 9.44. The van der Waals surface area contributed by atoms with E-state index in [-0.39, 0.29) is 52.8 Å². The first-order valence-electron chi connectivity index (χ1n) is 12.0. The number of aromatic nitrogens is 1. The van der Waals surface area contributed by atoms with Crippen molar-refractivity contribution in [2.75, 3.05) is 7.11 Å². The summed E-state index contributed by atoms with van der Waals surface area (Å²) >= 11 is 0. The van der Waals surface area contributed by atoms with Gasteiger partial charge in [0.15, 0.2) is 0 Å². The molecule has 4 aliphatic carbocycles. The number of carboxylic acid groups (broad SMARTS) is 1. The van der Waals surface area contributed by atoms with E-state index in [4.69, 9.17) is 9.26 Å². The van der Waals surface area contributed by atoms with Crippen molar-refractivity contribution >= 4 is 23.5 Å². The average molecular weight is 498 g/mol. The minimum atomic E-state index is -1.29. The summed E-state index contributed by atoms with van der Waals surface area (Å²) in [6, 6.07) is 6.20. The van der Waals surface area contributed by atoms with Crippen LogP contribution in [0.25, 0.3) is 11.3 Å². The number of carbonyl (C=O) groups excluding carboxylic acids is 2. The van der Waals surface area contributed by atoms with E-state index in [1.165, 1.54) is 31.4 Å². The summed E-state index contributed by atoms with van der Waals surface area (Å²) in [4.78, 5) is 49.1. The minimum absolute atomic E-state index is 0.151. The number of esters is 1. The number of nitrogens with zero attached hydrogens (tertiary/aromatic N) is 2. The summed E-state index contributed by atoms with van der Waals surface area (Å²) in [5.74, 6) is -1.24. The molecule has 1 heterocycles. The number of rotatable bonds is 8. The number of hydrogen-bond acceptors (Lipinski definition) is 8. The number of nitro groups is 1. The first-order valence-corrected chi connectivity index (χ1v) is 12.0. The second-order valence-electron chi connectivity index (χ2n) is 10.5. The molecule has 190 valence electrons. The summed E-state index contributed by atoms with van der Waals surface area (Å²) in [5.41, 5.74) is -1.19. The molecule has 3 atom stereocenters. The quantitative estimate of drug-likeness (QED) is 0.317. The summed E-state index contributed by atoms with van der Waals surface area (Å²) in [6.07, 6.45) is 3.83. The zero-order chi connectivity index (χ0) is 25.7. The molecular weight excluding hydrogens is 470 g/mol. The Morgan fingerprint density at radius 1 is 1.22 bits per heavy atom. The Hall–Kier alpha value is -3.76. The molecule has 3 unspecified atom stereocenters. The van der Waals surface area contributed by atoms with Crippen molar-refractivity contribution in [3.63, 3.8) is 0 Å². The number of benzene rings is 1. The molecule has 0 radical (unpaired) electrons. The van der Waals surface area contributed by atoms with Crippen LogP contribution in [0.3, 0.4) is 0 Å². The lowest BCUT2D eigenvalue weighted by molar-refractivity contribution is -0.384. The zero-order valence-corrected chi connectivity index (χ0v) is 19.8. The van der Waals surface area contributed by atoms with Gasteiger partial charge in [-0.25, -0.2) is 4.79 Å². The molecule has 4 fully saturated rings. The van der Waals surface area contributed by atoms with Crippen LogP contribution in [0.15, 0.2) is 34.9 Å². The largest absolute Gasteiger partial charge is 0.480 e. The molecule has 6 rings (SSSR count). The minimum Gasteiger partial charge on any atom is -0.480 e. The highest BCUT2D eigenvalue weighted by atomic mass is 16.6. The second-order valence-corrected chi connectivity index (χ2v) is 10.5. The monoisotopic (exact) mass is 497 g/mol. The van der Waals surface area contributed by atoms with Gasteiger partial charge < -0.3 is 19.7 Å². The lowest BCUT2D eigenvalue weighted by Crippen LogP contribution is -2.61. The predicted octanol–water partition coefficient (Wildman–Crippen LogP) is 3.12. The van der Waals surface area contributed by atoms with Gasteiger partial charge in [0, 0.05) is 18.6 Å². The maximum atomic E-state index is 13.6. The van der Waals surface area contributed by atoms with E-state index in [1.807, 2.05) is 0 Å². The topological polar surface area (TPSA) is 162 Å². The number of carboxylic acids is 1. The van der Waals surface area contributed by atoms with Crippen LogP contribution in [0.5, 0.6) is 0 Å². The van der Waals surface area contributed by atoms with Gasteiger partial charge in [0.05, 0.1) is 28.4 Å². The zero-order valence-electron chi connectivity index (χ0n) is 19.8. The Morgan fingerprint density at radius 2 is 1.89 bits per heavy atom. The highest BCUT2D eigenvalue weighted by Crippen LogP contribution is 2.65. The van der Waals surface area contributed by atoms with Crippen molar-refractivity contribution in [2.24, 2.45) is 22.7 Å². The van der Waals surface area contributed by atoms with Gasteiger partial charge >= 0.3 is 11.9 Å². The molecule has 2 aromatic rings. The van der Waals surface area contributed by atoms with Crippen molar-refractivity contribution < 1.29 is 33.7 Å². The third-order valence-corrected chi connectivity index (χ3v) is 8.11. The van der Waals surface area contributed by atoms with E-state index in [0.29, 0.717) is 32.1 Å². The van der Waals surface area contributed by atoms with E-state index in [1.54, 1.807) is 6.07 Å². The number of nitrogens with one attached hydrogen (secondary N) is 1. The van der Waals surface area contributed by atoms with Gasteiger partial charge in [-0.15, -0.1) is 0 Å². The molecule has 0 spiro atoms. The molecule has 4 bridgehead atoms. The molecular formula is C25H27N3O8. The Morgan fingerprint density at radius 3 is 2.53 bits per heavy atom. The van der Waals surface area contributed by atoms with E-state index >= 15 is 0 Å². The molecule has 1 amide bonds. The Balaban J connectivity index is 1.34. The van der Waals surface area contributed by atoms with Crippen LogP contribution < -0.4 is 5.32 Å². The van der Waals surface area contributed by atoms with Crippen molar-refractivity contribution in [3.05, 3.63) is 46.2 Å². The Kier molecular flexibility index (Phi) is 5.80. The number of amides is 1. The maximum absolute atomic E-state index is 13.6. The van der Waals surface area contributed by atoms with Gasteiger partial charge in [-0.3, -0.25) is 19.7 Å². The van der Waals surface area contributed by atoms with Crippen molar-refractivity contribution in [3.8, 4) is 11.3 Å². The Bertz CT molecular complexity index is 1220. The number of nitro benzene ring substituents is 1. The SMILES string of the molecule is COC(=O)C12CC3CC(CC(C(=O)NC(Cc4cc(-c5ccccc5[N+](=O)[O-])no4)C(=O)O)(C3)C1)C2. The summed E-state index contributed by atoms with van der Waals surface area (Å²) < 4.78 is 10.4. The fourth-order valence-corrected chi connectivity index (χ4v) is 7.08. The number of para-hydroxylation sites is 1. The highest BCUT2D eigenvalue weighted by molar-refractivity contribution is 5.89. The molecule has 4 saturated carbocycles. The van der Waals surface area contributed by atoms with Crippen LogP contribution in [0, 0.1) is 32.8 Å². The van der Waals surface area contributed by atoms with Gasteiger partial charge in [0.2, 0.25) is 5.91 Å². The molecule has 1 aromatic heterocycles. The van der Waals surface area contributed by atoms with E-state index in [2.05, 4.69) is 10.5 Å². The average Bonchev–Trinajstić information content (AvgIpc) is 3.30. The molecule has 36 heavy (non-hydrogen) atoms. The van der Waals surface area contributed by atoms with Crippen LogP contribution >= 0.6 is 0 Å². The molecule has 11 nitrogen and oxygen atoms in total. The maximum Gasteiger partial charge on any atom is 0.326 e. The van der Waals surface area contributed by atoms with E-state index < -0.39 is 27.8 Å².